The highest BCUT2D eigenvalue weighted by Gasteiger charge is 2.37. The van der Waals surface area contributed by atoms with Crippen molar-refractivity contribution >= 4 is 17.5 Å². The lowest BCUT2D eigenvalue weighted by Crippen LogP contribution is -2.53. The Balaban J connectivity index is 2.01. The number of nitrogens with zero attached hydrogens (tertiary/aromatic N) is 1. The molecule has 0 aromatic rings. The van der Waals surface area contributed by atoms with Gasteiger partial charge in [-0.2, -0.15) is 0 Å². The van der Waals surface area contributed by atoms with Gasteiger partial charge >= 0.3 is 0 Å². The number of hydrogen-bond acceptors (Lipinski definition) is 2. The van der Waals surface area contributed by atoms with Gasteiger partial charge in [-0.05, 0) is 25.7 Å². The first kappa shape index (κ1) is 13.2. The van der Waals surface area contributed by atoms with Crippen LogP contribution < -0.4 is 0 Å². The minimum atomic E-state index is 0.00789. The largest absolute Gasteiger partial charge is 0.373 e. The van der Waals surface area contributed by atoms with Gasteiger partial charge in [-0.3, -0.25) is 4.79 Å². The van der Waals surface area contributed by atoms with E-state index >= 15 is 0 Å². The number of hydrogen-bond donors (Lipinski definition) is 0. The van der Waals surface area contributed by atoms with Crippen molar-refractivity contribution in [2.24, 2.45) is 11.8 Å². The molecule has 1 saturated heterocycles. The van der Waals surface area contributed by atoms with Crippen LogP contribution in [-0.4, -0.2) is 42.0 Å². The molecule has 0 N–H and O–H groups in total. The van der Waals surface area contributed by atoms with Gasteiger partial charge in [0, 0.05) is 12.5 Å². The van der Waals surface area contributed by atoms with E-state index in [-0.39, 0.29) is 18.1 Å². The van der Waals surface area contributed by atoms with Crippen molar-refractivity contribution in [1.82, 2.24) is 4.90 Å². The van der Waals surface area contributed by atoms with E-state index in [1.54, 1.807) is 0 Å². The third-order valence-corrected chi connectivity index (χ3v) is 4.48. The van der Waals surface area contributed by atoms with E-state index in [1.807, 2.05) is 4.90 Å². The molecule has 0 radical (unpaired) electrons. The average molecular weight is 260 g/mol. The third-order valence-electron chi connectivity index (χ3n) is 4.14. The fourth-order valence-electron chi connectivity index (χ4n) is 2.94. The molecule has 1 aliphatic carbocycles. The molecule has 3 nitrogen and oxygen atoms in total. The van der Waals surface area contributed by atoms with E-state index in [1.165, 1.54) is 12.8 Å². The normalized spacial score (nSPS) is 38.4. The highest BCUT2D eigenvalue weighted by molar-refractivity contribution is 6.18. The Morgan fingerprint density at radius 2 is 2.18 bits per heavy atom. The summed E-state index contributed by atoms with van der Waals surface area (Å²) in [6.07, 6.45) is 3.44. The summed E-state index contributed by atoms with van der Waals surface area (Å²) in [5.74, 6) is 1.55. The summed E-state index contributed by atoms with van der Waals surface area (Å²) in [7, 11) is 0. The molecule has 98 valence electrons. The first-order valence-electron chi connectivity index (χ1n) is 6.61. The molecule has 1 saturated carbocycles. The number of alkyl halides is 1. The minimum Gasteiger partial charge on any atom is -0.373 e. The lowest BCUT2D eigenvalue weighted by atomic mass is 9.95. The maximum Gasteiger partial charge on any atom is 0.226 e. The summed E-state index contributed by atoms with van der Waals surface area (Å²) in [5, 5.41) is 0. The Labute approximate surface area is 108 Å². The number of carbonyl (C=O) groups is 1. The van der Waals surface area contributed by atoms with Gasteiger partial charge in [0.1, 0.15) is 0 Å². The van der Waals surface area contributed by atoms with Crippen molar-refractivity contribution in [2.75, 3.05) is 19.0 Å². The molecule has 4 heteroatoms. The Morgan fingerprint density at radius 3 is 2.76 bits per heavy atom. The second kappa shape index (κ2) is 5.57. The maximum absolute atomic E-state index is 12.5. The Hall–Kier alpha value is -0.280. The molecule has 1 heterocycles. The highest BCUT2D eigenvalue weighted by Crippen LogP contribution is 2.33. The minimum absolute atomic E-state index is 0.00789. The Morgan fingerprint density at radius 1 is 1.41 bits per heavy atom. The molecule has 1 amide bonds. The van der Waals surface area contributed by atoms with Crippen molar-refractivity contribution < 1.29 is 9.53 Å². The molecule has 0 aromatic carbocycles. The molecule has 0 bridgehead atoms. The summed E-state index contributed by atoms with van der Waals surface area (Å²) in [6, 6.07) is 0.190. The van der Waals surface area contributed by atoms with E-state index < -0.39 is 0 Å². The number of amides is 1. The zero-order valence-corrected chi connectivity index (χ0v) is 11.4. The second-order valence-electron chi connectivity index (χ2n) is 5.46. The SMILES string of the molecule is CC1CCCC1C(=O)N1CC(CCl)OCC1C. The number of morpholine rings is 1. The van der Waals surface area contributed by atoms with Gasteiger partial charge in [-0.1, -0.05) is 13.3 Å². The molecule has 2 aliphatic rings. The standard InChI is InChI=1S/C13H22ClNO2/c1-9-4-3-5-12(9)13(16)15-7-11(6-14)17-8-10(15)2/h9-12H,3-8H2,1-2H3. The van der Waals surface area contributed by atoms with E-state index in [2.05, 4.69) is 13.8 Å². The molecule has 2 fully saturated rings. The van der Waals surface area contributed by atoms with Crippen molar-refractivity contribution in [2.45, 2.75) is 45.3 Å². The van der Waals surface area contributed by atoms with Gasteiger partial charge in [0.25, 0.3) is 0 Å². The van der Waals surface area contributed by atoms with Crippen molar-refractivity contribution in [3.63, 3.8) is 0 Å². The smallest absolute Gasteiger partial charge is 0.226 e. The fraction of sp³-hybridized carbons (Fsp3) is 0.923. The van der Waals surface area contributed by atoms with Crippen LogP contribution in [0.3, 0.4) is 0 Å². The molecular weight excluding hydrogens is 238 g/mol. The van der Waals surface area contributed by atoms with Gasteiger partial charge < -0.3 is 9.64 Å². The second-order valence-corrected chi connectivity index (χ2v) is 5.77. The molecule has 0 aromatic heterocycles. The van der Waals surface area contributed by atoms with Crippen LogP contribution in [0.5, 0.6) is 0 Å². The quantitative estimate of drug-likeness (QED) is 0.712. The van der Waals surface area contributed by atoms with Crippen LogP contribution >= 0.6 is 11.6 Å². The monoisotopic (exact) mass is 259 g/mol. The van der Waals surface area contributed by atoms with Gasteiger partial charge in [-0.25, -0.2) is 0 Å². The predicted molar refractivity (Wildman–Crippen MR) is 68.1 cm³/mol. The number of carbonyl (C=O) groups excluding carboxylic acids is 1. The molecule has 4 unspecified atom stereocenters. The van der Waals surface area contributed by atoms with E-state index in [0.29, 0.717) is 30.9 Å². The van der Waals surface area contributed by atoms with Gasteiger partial charge in [-0.15, -0.1) is 11.6 Å². The van der Waals surface area contributed by atoms with Gasteiger partial charge in [0.15, 0.2) is 0 Å². The number of halogens is 1. The molecule has 1 aliphatic heterocycles. The third kappa shape index (κ3) is 2.76. The Kier molecular flexibility index (Phi) is 4.31. The van der Waals surface area contributed by atoms with Crippen LogP contribution in [-0.2, 0) is 9.53 Å². The fourth-order valence-corrected chi connectivity index (χ4v) is 3.13. The molecule has 4 atom stereocenters. The highest BCUT2D eigenvalue weighted by atomic mass is 35.5. The van der Waals surface area contributed by atoms with E-state index in [4.69, 9.17) is 16.3 Å². The number of ether oxygens (including phenoxy) is 1. The summed E-state index contributed by atoms with van der Waals surface area (Å²) >= 11 is 5.82. The summed E-state index contributed by atoms with van der Waals surface area (Å²) in [4.78, 5) is 14.5. The van der Waals surface area contributed by atoms with Crippen LogP contribution in [0.15, 0.2) is 0 Å². The molecule has 17 heavy (non-hydrogen) atoms. The van der Waals surface area contributed by atoms with Crippen LogP contribution in [0, 0.1) is 11.8 Å². The maximum atomic E-state index is 12.5. The Bertz CT molecular complexity index is 285. The van der Waals surface area contributed by atoms with Gasteiger partial charge in [0.05, 0.1) is 24.6 Å². The zero-order valence-electron chi connectivity index (χ0n) is 10.7. The predicted octanol–water partition coefficient (Wildman–Crippen LogP) is 2.28. The topological polar surface area (TPSA) is 29.5 Å². The van der Waals surface area contributed by atoms with Crippen LogP contribution in [0.2, 0.25) is 0 Å². The molecule has 2 rings (SSSR count). The van der Waals surface area contributed by atoms with Crippen molar-refractivity contribution in [1.29, 1.82) is 0 Å². The van der Waals surface area contributed by atoms with E-state index in [0.717, 1.165) is 6.42 Å². The lowest BCUT2D eigenvalue weighted by molar-refractivity contribution is -0.148. The number of rotatable bonds is 2. The molecular formula is C13H22ClNO2. The first-order valence-corrected chi connectivity index (χ1v) is 7.15. The zero-order chi connectivity index (χ0) is 12.4. The molecule has 0 spiro atoms. The summed E-state index contributed by atoms with van der Waals surface area (Å²) < 4.78 is 5.58. The van der Waals surface area contributed by atoms with E-state index in [9.17, 15) is 4.79 Å². The van der Waals surface area contributed by atoms with Crippen molar-refractivity contribution in [3.05, 3.63) is 0 Å². The first-order chi connectivity index (χ1) is 8.13. The summed E-state index contributed by atoms with van der Waals surface area (Å²) in [6.45, 7) is 5.53. The van der Waals surface area contributed by atoms with Crippen molar-refractivity contribution in [3.8, 4) is 0 Å². The van der Waals surface area contributed by atoms with Crippen LogP contribution in [0.25, 0.3) is 0 Å². The summed E-state index contributed by atoms with van der Waals surface area (Å²) in [5.41, 5.74) is 0. The van der Waals surface area contributed by atoms with Crippen LogP contribution in [0.4, 0.5) is 0 Å². The van der Waals surface area contributed by atoms with Crippen LogP contribution in [0.1, 0.15) is 33.1 Å². The average Bonchev–Trinajstić information content (AvgIpc) is 2.75. The van der Waals surface area contributed by atoms with Gasteiger partial charge in [0.2, 0.25) is 5.91 Å². The lowest BCUT2D eigenvalue weighted by Gasteiger charge is -2.39.